The molecule has 4 aliphatic rings. The molecule has 4 bridgehead atoms. The predicted octanol–water partition coefficient (Wildman–Crippen LogP) is 8.29. The first-order valence-corrected chi connectivity index (χ1v) is 16.2. The largest absolute Gasteiger partial charge is 0.493 e. The number of rotatable bonds is 12. The van der Waals surface area contributed by atoms with Gasteiger partial charge >= 0.3 is 0 Å². The van der Waals surface area contributed by atoms with Crippen molar-refractivity contribution < 1.29 is 9.47 Å². The number of thioether (sulfide) groups is 2. The van der Waals surface area contributed by atoms with Crippen molar-refractivity contribution in [1.29, 1.82) is 10.5 Å². The van der Waals surface area contributed by atoms with E-state index in [9.17, 15) is 10.5 Å². The van der Waals surface area contributed by atoms with Gasteiger partial charge in [-0.3, -0.25) is 0 Å². The fourth-order valence-corrected chi connectivity index (χ4v) is 8.39. The van der Waals surface area contributed by atoms with E-state index in [-0.39, 0.29) is 0 Å². The minimum absolute atomic E-state index is 0.469. The zero-order valence-corrected chi connectivity index (χ0v) is 24.2. The van der Waals surface area contributed by atoms with E-state index in [4.69, 9.17) is 9.47 Å². The molecular formula is C34H34N2O2S2. The fourth-order valence-electron chi connectivity index (χ4n) is 6.55. The van der Waals surface area contributed by atoms with Crippen LogP contribution in [0.4, 0.5) is 0 Å². The monoisotopic (exact) mass is 566 g/mol. The van der Waals surface area contributed by atoms with Crippen LogP contribution in [0.15, 0.2) is 82.6 Å². The Hall–Kier alpha value is -3.06. The van der Waals surface area contributed by atoms with Gasteiger partial charge in [-0.05, 0) is 96.6 Å². The standard InChI is InChI=1S/C34H34N2O2S2/c35-17-33(39-21-23-3-9-31(10-4-23)37-19-29-15-25-1-7-27(29)13-25)34(18-36)40-22-24-5-11-32(12-6-24)38-20-30-16-26-2-8-28(30)14-26/h1-12,25-30H,13-16,19-22H2/b34-33-/t25-,26-,27+,28+,29?,30?/m1/s1. The SMILES string of the molecule is N#C/C(SCc1ccc(OCC2C[C@@H]3C=C[C@H]2C3)cc1)=C(\C#N)SCc1ccc(OCC2C[C@@H]3C=C[C@H]2C3)cc1. The van der Waals surface area contributed by atoms with Crippen molar-refractivity contribution in [3.63, 3.8) is 0 Å². The summed E-state index contributed by atoms with van der Waals surface area (Å²) in [6, 6.07) is 20.7. The quantitative estimate of drug-likeness (QED) is 0.190. The van der Waals surface area contributed by atoms with Gasteiger partial charge in [-0.25, -0.2) is 0 Å². The number of allylic oxidation sites excluding steroid dienone is 6. The normalized spacial score (nSPS) is 27.9. The first-order chi connectivity index (χ1) is 19.7. The van der Waals surface area contributed by atoms with Gasteiger partial charge in [-0.1, -0.05) is 48.6 Å². The summed E-state index contributed by atoms with van der Waals surface area (Å²) >= 11 is 2.84. The van der Waals surface area contributed by atoms with Gasteiger partial charge in [0.15, 0.2) is 0 Å². The van der Waals surface area contributed by atoms with E-state index in [1.54, 1.807) is 0 Å². The smallest absolute Gasteiger partial charge is 0.119 e. The van der Waals surface area contributed by atoms with Crippen molar-refractivity contribution >= 4 is 23.5 Å². The lowest BCUT2D eigenvalue weighted by atomic mass is 9.95. The molecule has 204 valence electrons. The maximum atomic E-state index is 9.75. The molecule has 4 aliphatic carbocycles. The summed E-state index contributed by atoms with van der Waals surface area (Å²) in [4.78, 5) is 0.939. The Morgan fingerprint density at radius 1 is 0.625 bits per heavy atom. The Balaban J connectivity index is 0.956. The molecule has 4 nitrogen and oxygen atoms in total. The average Bonchev–Trinajstić information content (AvgIpc) is 3.81. The minimum Gasteiger partial charge on any atom is -0.493 e. The van der Waals surface area contributed by atoms with Crippen molar-refractivity contribution in [3.05, 3.63) is 93.8 Å². The first kappa shape index (κ1) is 27.1. The van der Waals surface area contributed by atoms with Crippen LogP contribution >= 0.6 is 23.5 Å². The molecule has 0 saturated heterocycles. The topological polar surface area (TPSA) is 66.0 Å². The molecule has 2 unspecified atom stereocenters. The molecule has 2 saturated carbocycles. The third kappa shape index (κ3) is 6.46. The highest BCUT2D eigenvalue weighted by Crippen LogP contribution is 2.44. The molecule has 2 aromatic carbocycles. The van der Waals surface area contributed by atoms with Crippen LogP contribution in [-0.4, -0.2) is 13.2 Å². The van der Waals surface area contributed by atoms with Crippen LogP contribution in [0.5, 0.6) is 11.5 Å². The summed E-state index contributed by atoms with van der Waals surface area (Å²) in [6.07, 6.45) is 14.5. The second kappa shape index (κ2) is 12.6. The molecule has 40 heavy (non-hydrogen) atoms. The van der Waals surface area contributed by atoms with Crippen LogP contribution in [0, 0.1) is 58.2 Å². The van der Waals surface area contributed by atoms with Crippen molar-refractivity contribution in [2.24, 2.45) is 35.5 Å². The van der Waals surface area contributed by atoms with E-state index >= 15 is 0 Å². The van der Waals surface area contributed by atoms with Crippen LogP contribution in [0.1, 0.15) is 36.8 Å². The number of fused-ring (bicyclic) bond motifs is 4. The van der Waals surface area contributed by atoms with Crippen LogP contribution in [0.3, 0.4) is 0 Å². The molecule has 0 heterocycles. The highest BCUT2D eigenvalue weighted by molar-refractivity contribution is 8.06. The maximum Gasteiger partial charge on any atom is 0.119 e. The van der Waals surface area contributed by atoms with Gasteiger partial charge in [0.1, 0.15) is 33.4 Å². The second-order valence-electron chi connectivity index (χ2n) is 11.4. The zero-order valence-electron chi connectivity index (χ0n) is 22.6. The van der Waals surface area contributed by atoms with Crippen molar-refractivity contribution in [2.45, 2.75) is 37.2 Å². The maximum absolute atomic E-state index is 9.75. The summed E-state index contributed by atoms with van der Waals surface area (Å²) in [6.45, 7) is 1.55. The van der Waals surface area contributed by atoms with E-state index in [1.165, 1.54) is 49.2 Å². The van der Waals surface area contributed by atoms with Crippen LogP contribution in [-0.2, 0) is 11.5 Å². The van der Waals surface area contributed by atoms with Gasteiger partial charge in [0.05, 0.1) is 13.2 Å². The van der Waals surface area contributed by atoms with Crippen LogP contribution < -0.4 is 9.47 Å². The summed E-state index contributed by atoms with van der Waals surface area (Å²) < 4.78 is 12.1. The summed E-state index contributed by atoms with van der Waals surface area (Å²) in [5, 5.41) is 19.5. The second-order valence-corrected chi connectivity index (χ2v) is 13.4. The molecule has 0 amide bonds. The summed E-state index contributed by atoms with van der Waals surface area (Å²) in [7, 11) is 0. The zero-order chi connectivity index (χ0) is 27.3. The number of hydrogen-bond donors (Lipinski definition) is 0. The van der Waals surface area contributed by atoms with Crippen molar-refractivity contribution in [1.82, 2.24) is 0 Å². The lowest BCUT2D eigenvalue weighted by Crippen LogP contribution is -2.16. The Labute approximate surface area is 246 Å². The van der Waals surface area contributed by atoms with Crippen molar-refractivity contribution in [3.8, 4) is 23.6 Å². The first-order valence-electron chi connectivity index (χ1n) is 14.3. The van der Waals surface area contributed by atoms with E-state index in [0.717, 1.165) is 47.7 Å². The fraction of sp³-hybridized carbons (Fsp3) is 0.412. The summed E-state index contributed by atoms with van der Waals surface area (Å²) in [5.41, 5.74) is 2.21. The van der Waals surface area contributed by atoms with Gasteiger partial charge in [-0.15, -0.1) is 23.5 Å². The van der Waals surface area contributed by atoms with Crippen LogP contribution in [0.2, 0.25) is 0 Å². The van der Waals surface area contributed by atoms with E-state index in [0.29, 0.717) is 45.0 Å². The lowest BCUT2D eigenvalue weighted by molar-refractivity contribution is 0.227. The van der Waals surface area contributed by atoms with E-state index in [1.807, 2.05) is 24.3 Å². The molecule has 6 heteroatoms. The van der Waals surface area contributed by atoms with Gasteiger partial charge in [0, 0.05) is 11.5 Å². The van der Waals surface area contributed by atoms with Crippen molar-refractivity contribution in [2.75, 3.05) is 13.2 Å². The molecule has 2 fully saturated rings. The third-order valence-corrected chi connectivity index (χ3v) is 11.0. The predicted molar refractivity (Wildman–Crippen MR) is 162 cm³/mol. The Morgan fingerprint density at radius 2 is 1.05 bits per heavy atom. The number of benzene rings is 2. The molecule has 0 aliphatic heterocycles. The van der Waals surface area contributed by atoms with Gasteiger partial charge < -0.3 is 9.47 Å². The summed E-state index contributed by atoms with van der Waals surface area (Å²) in [5.74, 6) is 7.23. The number of nitriles is 2. The molecule has 0 aromatic heterocycles. The number of ether oxygens (including phenoxy) is 2. The Morgan fingerprint density at radius 3 is 1.38 bits per heavy atom. The molecule has 6 rings (SSSR count). The molecule has 0 N–H and O–H groups in total. The number of hydrogen-bond acceptors (Lipinski definition) is 6. The Bertz CT molecular complexity index is 1260. The van der Waals surface area contributed by atoms with E-state index in [2.05, 4.69) is 60.7 Å². The lowest BCUT2D eigenvalue weighted by Gasteiger charge is -2.18. The molecule has 0 spiro atoms. The molecular weight excluding hydrogens is 533 g/mol. The van der Waals surface area contributed by atoms with Gasteiger partial charge in [0.2, 0.25) is 0 Å². The van der Waals surface area contributed by atoms with Gasteiger partial charge in [0.25, 0.3) is 0 Å². The van der Waals surface area contributed by atoms with Crippen LogP contribution in [0.25, 0.3) is 0 Å². The number of nitrogens with zero attached hydrogens (tertiary/aromatic N) is 2. The molecule has 0 radical (unpaired) electrons. The average molecular weight is 567 g/mol. The highest BCUT2D eigenvalue weighted by atomic mass is 32.2. The minimum atomic E-state index is 0.469. The Kier molecular flexibility index (Phi) is 8.57. The molecule has 6 atom stereocenters. The van der Waals surface area contributed by atoms with Gasteiger partial charge in [-0.2, -0.15) is 10.5 Å². The highest BCUT2D eigenvalue weighted by Gasteiger charge is 2.36. The van der Waals surface area contributed by atoms with E-state index < -0.39 is 0 Å². The molecule has 2 aromatic rings. The third-order valence-electron chi connectivity index (χ3n) is 8.78.